The van der Waals surface area contributed by atoms with E-state index < -0.39 is 21.9 Å². The summed E-state index contributed by atoms with van der Waals surface area (Å²) in [6.45, 7) is 1.88. The third kappa shape index (κ3) is 3.36. The van der Waals surface area contributed by atoms with Gasteiger partial charge in [0.15, 0.2) is 9.84 Å². The van der Waals surface area contributed by atoms with Crippen LogP contribution in [0.2, 0.25) is 0 Å². The van der Waals surface area contributed by atoms with Crippen LogP contribution in [-0.4, -0.2) is 39.4 Å². The van der Waals surface area contributed by atoms with Gasteiger partial charge in [-0.05, 0) is 37.6 Å². The summed E-state index contributed by atoms with van der Waals surface area (Å²) in [4.78, 5) is 11.3. The van der Waals surface area contributed by atoms with Gasteiger partial charge in [0.25, 0.3) is 0 Å². The van der Waals surface area contributed by atoms with Crippen LogP contribution >= 0.6 is 0 Å². The van der Waals surface area contributed by atoms with E-state index in [1.165, 1.54) is 19.2 Å². The molecule has 0 saturated carbocycles. The van der Waals surface area contributed by atoms with Gasteiger partial charge in [0.2, 0.25) is 0 Å². The summed E-state index contributed by atoms with van der Waals surface area (Å²) >= 11 is 0. The summed E-state index contributed by atoms with van der Waals surface area (Å²) in [6, 6.07) is 2.61. The van der Waals surface area contributed by atoms with Gasteiger partial charge in [0, 0.05) is 18.9 Å². The van der Waals surface area contributed by atoms with Crippen molar-refractivity contribution in [3.63, 3.8) is 0 Å². The molecule has 0 bridgehead atoms. The molecule has 6 nitrogen and oxygen atoms in total. The van der Waals surface area contributed by atoms with Crippen LogP contribution in [0.4, 0.5) is 0 Å². The van der Waals surface area contributed by atoms with Crippen LogP contribution in [0, 0.1) is 6.92 Å². The van der Waals surface area contributed by atoms with E-state index >= 15 is 0 Å². The molecule has 0 aliphatic carbocycles. The number of rotatable bonds is 6. The van der Waals surface area contributed by atoms with Crippen molar-refractivity contribution in [1.29, 1.82) is 0 Å². The molecule has 0 aliphatic rings. The lowest BCUT2D eigenvalue weighted by molar-refractivity contribution is 0.0694. The monoisotopic (exact) mass is 301 g/mol. The van der Waals surface area contributed by atoms with E-state index in [-0.39, 0.29) is 10.5 Å². The zero-order valence-corrected chi connectivity index (χ0v) is 12.5. The normalized spacial score (nSPS) is 13.2. The Kier molecular flexibility index (Phi) is 5.27. The number of methoxy groups -OCH3 is 1. The van der Waals surface area contributed by atoms with E-state index in [1.54, 1.807) is 6.92 Å². The maximum Gasteiger partial charge on any atom is 0.335 e. The number of hydrogen-bond acceptors (Lipinski definition) is 5. The van der Waals surface area contributed by atoms with Gasteiger partial charge in [-0.2, -0.15) is 0 Å². The number of sulfone groups is 1. The van der Waals surface area contributed by atoms with Crippen LogP contribution in [0.15, 0.2) is 17.0 Å². The molecule has 1 rings (SSSR count). The van der Waals surface area contributed by atoms with E-state index in [4.69, 9.17) is 15.6 Å². The molecular weight excluding hydrogens is 282 g/mol. The first kappa shape index (κ1) is 16.6. The highest BCUT2D eigenvalue weighted by Gasteiger charge is 2.25. The third-order valence-corrected chi connectivity index (χ3v) is 4.30. The molecule has 0 amide bonds. The number of ether oxygens (including phenoxy) is 1. The fraction of sp³-hybridized carbons (Fsp3) is 0.462. The number of carboxylic acid groups (broad SMARTS) is 1. The van der Waals surface area contributed by atoms with Gasteiger partial charge in [-0.25, -0.2) is 13.2 Å². The average Bonchev–Trinajstić information content (AvgIpc) is 2.34. The predicted molar refractivity (Wildman–Crippen MR) is 74.7 cm³/mol. The number of nitrogens with two attached hydrogens (primary N) is 1. The number of benzene rings is 1. The molecular formula is C13H19NO5S. The SMILES string of the molecule is COC(CCN)c1c(S(C)(=O)=O)ccc(C(=O)O)c1C. The van der Waals surface area contributed by atoms with E-state index in [0.29, 0.717) is 24.1 Å². The van der Waals surface area contributed by atoms with Crippen molar-refractivity contribution in [2.24, 2.45) is 5.73 Å². The molecule has 1 atom stereocenters. The lowest BCUT2D eigenvalue weighted by Crippen LogP contribution is -2.16. The molecule has 0 radical (unpaired) electrons. The zero-order chi connectivity index (χ0) is 15.5. The summed E-state index contributed by atoms with van der Waals surface area (Å²) in [7, 11) is -2.04. The molecule has 0 spiro atoms. The Morgan fingerprint density at radius 3 is 2.45 bits per heavy atom. The number of carbonyl (C=O) groups is 1. The van der Waals surface area contributed by atoms with Crippen LogP contribution < -0.4 is 5.73 Å². The lowest BCUT2D eigenvalue weighted by Gasteiger charge is -2.21. The molecule has 1 aromatic carbocycles. The van der Waals surface area contributed by atoms with Crippen molar-refractivity contribution >= 4 is 15.8 Å². The molecule has 0 fully saturated rings. The second-order valence-electron chi connectivity index (χ2n) is 4.53. The molecule has 0 saturated heterocycles. The maximum absolute atomic E-state index is 11.9. The summed E-state index contributed by atoms with van der Waals surface area (Å²) < 4.78 is 29.0. The fourth-order valence-corrected chi connectivity index (χ4v) is 3.19. The van der Waals surface area contributed by atoms with Crippen LogP contribution in [0.25, 0.3) is 0 Å². The molecule has 7 heteroatoms. The van der Waals surface area contributed by atoms with E-state index in [0.717, 1.165) is 6.26 Å². The van der Waals surface area contributed by atoms with Gasteiger partial charge in [-0.1, -0.05) is 0 Å². The molecule has 0 aromatic heterocycles. The number of aromatic carboxylic acids is 1. The molecule has 20 heavy (non-hydrogen) atoms. The quantitative estimate of drug-likeness (QED) is 0.815. The smallest absolute Gasteiger partial charge is 0.335 e. The average molecular weight is 301 g/mol. The second kappa shape index (κ2) is 6.34. The summed E-state index contributed by atoms with van der Waals surface area (Å²) in [5.74, 6) is -1.11. The predicted octanol–water partition coefficient (Wildman–Crippen LogP) is 1.13. The fourth-order valence-electron chi connectivity index (χ4n) is 2.19. The van der Waals surface area contributed by atoms with Crippen molar-refractivity contribution in [2.75, 3.05) is 19.9 Å². The van der Waals surface area contributed by atoms with Crippen molar-refractivity contribution in [1.82, 2.24) is 0 Å². The van der Waals surface area contributed by atoms with Gasteiger partial charge in [-0.3, -0.25) is 0 Å². The summed E-state index contributed by atoms with van der Waals surface area (Å²) in [5, 5.41) is 9.15. The van der Waals surface area contributed by atoms with E-state index in [2.05, 4.69) is 0 Å². The van der Waals surface area contributed by atoms with E-state index in [1.807, 2.05) is 0 Å². The van der Waals surface area contributed by atoms with Crippen LogP contribution in [0.5, 0.6) is 0 Å². The van der Waals surface area contributed by atoms with Crippen molar-refractivity contribution in [2.45, 2.75) is 24.3 Å². The molecule has 0 heterocycles. The summed E-state index contributed by atoms with van der Waals surface area (Å²) in [5.41, 5.74) is 6.33. The Morgan fingerprint density at radius 1 is 1.45 bits per heavy atom. The number of carboxylic acids is 1. The minimum Gasteiger partial charge on any atom is -0.478 e. The second-order valence-corrected chi connectivity index (χ2v) is 6.51. The van der Waals surface area contributed by atoms with Gasteiger partial charge < -0.3 is 15.6 Å². The molecule has 3 N–H and O–H groups in total. The van der Waals surface area contributed by atoms with Crippen LogP contribution in [0.3, 0.4) is 0 Å². The first-order valence-corrected chi connectivity index (χ1v) is 7.92. The molecule has 112 valence electrons. The minimum atomic E-state index is -3.49. The van der Waals surface area contributed by atoms with Crippen LogP contribution in [-0.2, 0) is 14.6 Å². The van der Waals surface area contributed by atoms with E-state index in [9.17, 15) is 13.2 Å². The molecule has 0 aliphatic heterocycles. The van der Waals surface area contributed by atoms with Gasteiger partial charge in [0.05, 0.1) is 16.6 Å². The molecule has 1 aromatic rings. The minimum absolute atomic E-state index is 0.0615. The zero-order valence-electron chi connectivity index (χ0n) is 11.7. The lowest BCUT2D eigenvalue weighted by atomic mass is 9.96. The first-order chi connectivity index (χ1) is 9.23. The van der Waals surface area contributed by atoms with Crippen molar-refractivity contribution in [3.8, 4) is 0 Å². The van der Waals surface area contributed by atoms with Crippen molar-refractivity contribution < 1.29 is 23.1 Å². The summed E-state index contributed by atoms with van der Waals surface area (Å²) in [6.07, 6.45) is 0.938. The Morgan fingerprint density at radius 2 is 2.05 bits per heavy atom. The maximum atomic E-state index is 11.9. The standard InChI is InChI=1S/C13H19NO5S/c1-8-9(13(15)16)4-5-11(20(3,17)18)12(8)10(19-2)6-7-14/h4-5,10H,6-7,14H2,1-3H3,(H,15,16). The van der Waals surface area contributed by atoms with Gasteiger partial charge in [-0.15, -0.1) is 0 Å². The largest absolute Gasteiger partial charge is 0.478 e. The third-order valence-electron chi connectivity index (χ3n) is 3.14. The van der Waals surface area contributed by atoms with Gasteiger partial charge in [0.1, 0.15) is 0 Å². The Labute approximate surface area is 118 Å². The van der Waals surface area contributed by atoms with Crippen molar-refractivity contribution in [3.05, 3.63) is 28.8 Å². The van der Waals surface area contributed by atoms with Gasteiger partial charge >= 0.3 is 5.97 Å². The Balaban J connectivity index is 3.64. The first-order valence-electron chi connectivity index (χ1n) is 6.03. The highest BCUT2D eigenvalue weighted by Crippen LogP contribution is 2.32. The van der Waals surface area contributed by atoms with Crippen LogP contribution in [0.1, 0.15) is 34.0 Å². The Bertz CT molecular complexity index is 609. The topological polar surface area (TPSA) is 107 Å². The molecule has 1 unspecified atom stereocenters. The Hall–Kier alpha value is -1.44. The highest BCUT2D eigenvalue weighted by atomic mass is 32.2. The number of hydrogen-bond donors (Lipinski definition) is 2. The highest BCUT2D eigenvalue weighted by molar-refractivity contribution is 7.90.